The van der Waals surface area contributed by atoms with Crippen LogP contribution in [0.5, 0.6) is 0 Å². The van der Waals surface area contributed by atoms with Crippen LogP contribution in [0.4, 0.5) is 0 Å². The molecule has 33 heavy (non-hydrogen) atoms. The minimum Gasteiger partial charge on any atom is -0.466 e. The zero-order valence-electron chi connectivity index (χ0n) is 21.3. The second kappa shape index (κ2) is 8.47. The zero-order valence-corrected chi connectivity index (χ0v) is 22.3. The van der Waals surface area contributed by atoms with Gasteiger partial charge in [-0.25, -0.2) is 0 Å². The van der Waals surface area contributed by atoms with Gasteiger partial charge in [0, 0.05) is 11.8 Å². The number of aryl methyl sites for hydroxylation is 2. The monoisotopic (exact) mass is 464 g/mol. The van der Waals surface area contributed by atoms with Crippen molar-refractivity contribution in [2.75, 3.05) is 0 Å². The van der Waals surface area contributed by atoms with Crippen molar-refractivity contribution in [2.45, 2.75) is 114 Å². The largest absolute Gasteiger partial charge is 0.466 e. The minimum absolute atomic E-state index is 0.648. The Kier molecular flexibility index (Phi) is 5.71. The standard InChI is InChI=1S/C30H44O2Si/c1-19-13-15-27(31-19)25-17-21-9-5-7-11-23(21)29(25)33(3,4)30-24-12-8-6-10-22(24)18-26(30)28-16-14-20(2)32-28/h13-16,21-26,29-30H,5-12,17-18H2,1-4H3. The first kappa shape index (κ1) is 22.3. The second-order valence-corrected chi connectivity index (χ2v) is 17.8. The van der Waals surface area contributed by atoms with E-state index in [1.54, 1.807) is 0 Å². The van der Waals surface area contributed by atoms with Crippen molar-refractivity contribution >= 4 is 8.07 Å². The van der Waals surface area contributed by atoms with Crippen LogP contribution in [-0.2, 0) is 0 Å². The molecule has 8 unspecified atom stereocenters. The SMILES string of the molecule is Cc1ccc(C2CC3CCCCC3C2[Si](C)(C)C2C(c3ccc(C)o3)CC3CCCCC32)o1. The Balaban J connectivity index is 1.42. The van der Waals surface area contributed by atoms with Gasteiger partial charge in [-0.3, -0.25) is 0 Å². The van der Waals surface area contributed by atoms with Crippen LogP contribution in [0, 0.1) is 37.5 Å². The lowest BCUT2D eigenvalue weighted by molar-refractivity contribution is 0.262. The molecule has 2 heterocycles. The molecule has 0 saturated heterocycles. The average Bonchev–Trinajstić information content (AvgIpc) is 3.57. The number of hydrogen-bond donors (Lipinski definition) is 0. The van der Waals surface area contributed by atoms with Gasteiger partial charge in [-0.05, 0) is 85.7 Å². The molecule has 0 aliphatic heterocycles. The third-order valence-corrected chi connectivity index (χ3v) is 15.9. The first-order chi connectivity index (χ1) is 15.9. The van der Waals surface area contributed by atoms with Crippen LogP contribution in [0.15, 0.2) is 33.1 Å². The van der Waals surface area contributed by atoms with Crippen molar-refractivity contribution in [1.29, 1.82) is 0 Å². The van der Waals surface area contributed by atoms with Gasteiger partial charge < -0.3 is 8.83 Å². The summed E-state index contributed by atoms with van der Waals surface area (Å²) in [7, 11) is -1.65. The zero-order chi connectivity index (χ0) is 22.7. The van der Waals surface area contributed by atoms with Crippen LogP contribution >= 0.6 is 0 Å². The molecule has 3 heteroatoms. The first-order valence-corrected chi connectivity index (χ1v) is 17.2. The lowest BCUT2D eigenvalue weighted by Gasteiger charge is -2.47. The van der Waals surface area contributed by atoms with Gasteiger partial charge in [-0.1, -0.05) is 64.5 Å². The van der Waals surface area contributed by atoms with E-state index in [9.17, 15) is 0 Å². The molecule has 2 aromatic rings. The molecule has 4 saturated carbocycles. The summed E-state index contributed by atoms with van der Waals surface area (Å²) in [4.78, 5) is 0. The quantitative estimate of drug-likeness (QED) is 0.421. The van der Waals surface area contributed by atoms with E-state index in [4.69, 9.17) is 8.83 Å². The van der Waals surface area contributed by atoms with Gasteiger partial charge in [0.15, 0.2) is 0 Å². The van der Waals surface area contributed by atoms with Crippen LogP contribution in [0.25, 0.3) is 0 Å². The number of fused-ring (bicyclic) bond motifs is 2. The highest BCUT2D eigenvalue weighted by atomic mass is 28.3. The third kappa shape index (κ3) is 3.72. The predicted molar refractivity (Wildman–Crippen MR) is 137 cm³/mol. The summed E-state index contributed by atoms with van der Waals surface area (Å²) in [6.45, 7) is 9.87. The molecule has 4 aliphatic carbocycles. The fraction of sp³-hybridized carbons (Fsp3) is 0.733. The molecule has 0 amide bonds. The van der Waals surface area contributed by atoms with Crippen LogP contribution in [-0.4, -0.2) is 8.07 Å². The summed E-state index contributed by atoms with van der Waals surface area (Å²) in [6, 6.07) is 9.09. The van der Waals surface area contributed by atoms with E-state index in [0.29, 0.717) is 11.8 Å². The molecule has 8 atom stereocenters. The molecule has 0 N–H and O–H groups in total. The van der Waals surface area contributed by atoms with Gasteiger partial charge >= 0.3 is 0 Å². The molecule has 0 radical (unpaired) electrons. The highest BCUT2D eigenvalue weighted by molar-refractivity contribution is 6.80. The molecule has 0 bridgehead atoms. The Morgan fingerprint density at radius 2 is 1.06 bits per heavy atom. The normalized spacial score (nSPS) is 38.9. The highest BCUT2D eigenvalue weighted by Crippen LogP contribution is 2.68. The second-order valence-electron chi connectivity index (χ2n) is 12.9. The summed E-state index contributed by atoms with van der Waals surface area (Å²) in [5, 5.41) is 0. The Hall–Kier alpha value is -1.22. The van der Waals surface area contributed by atoms with Crippen molar-refractivity contribution in [2.24, 2.45) is 23.7 Å². The van der Waals surface area contributed by atoms with Crippen LogP contribution in [0.2, 0.25) is 24.2 Å². The van der Waals surface area contributed by atoms with Gasteiger partial charge in [-0.2, -0.15) is 0 Å². The molecule has 4 aliphatic rings. The summed E-state index contributed by atoms with van der Waals surface area (Å²) in [5.74, 6) is 9.83. The lowest BCUT2D eigenvalue weighted by atomic mass is 9.81. The molecule has 6 rings (SSSR count). The number of furan rings is 2. The van der Waals surface area contributed by atoms with Crippen molar-refractivity contribution in [3.63, 3.8) is 0 Å². The molecular formula is C30H44O2Si. The Morgan fingerprint density at radius 3 is 1.45 bits per heavy atom. The van der Waals surface area contributed by atoms with Gasteiger partial charge in [0.25, 0.3) is 0 Å². The van der Waals surface area contributed by atoms with Gasteiger partial charge in [-0.15, -0.1) is 0 Å². The smallest absolute Gasteiger partial charge is 0.107 e. The lowest BCUT2D eigenvalue weighted by Crippen LogP contribution is -2.46. The minimum atomic E-state index is -1.65. The van der Waals surface area contributed by atoms with E-state index in [1.165, 1.54) is 75.7 Å². The van der Waals surface area contributed by atoms with E-state index < -0.39 is 8.07 Å². The highest BCUT2D eigenvalue weighted by Gasteiger charge is 2.60. The summed E-state index contributed by atoms with van der Waals surface area (Å²) in [6.07, 6.45) is 14.4. The fourth-order valence-corrected chi connectivity index (χ4v) is 16.0. The van der Waals surface area contributed by atoms with Crippen LogP contribution < -0.4 is 0 Å². The summed E-state index contributed by atoms with van der Waals surface area (Å²) >= 11 is 0. The first-order valence-electron chi connectivity index (χ1n) is 14.1. The van der Waals surface area contributed by atoms with Gasteiger partial charge in [0.1, 0.15) is 23.0 Å². The molecule has 180 valence electrons. The summed E-state index contributed by atoms with van der Waals surface area (Å²) in [5.41, 5.74) is 1.72. The molecule has 0 aromatic carbocycles. The fourth-order valence-electron chi connectivity index (χ4n) is 9.80. The maximum absolute atomic E-state index is 6.39. The van der Waals surface area contributed by atoms with Crippen molar-refractivity contribution in [3.05, 3.63) is 47.3 Å². The molecule has 4 fully saturated rings. The average molecular weight is 465 g/mol. The maximum atomic E-state index is 6.39. The van der Waals surface area contributed by atoms with Gasteiger partial charge in [0.05, 0.1) is 8.07 Å². The summed E-state index contributed by atoms with van der Waals surface area (Å²) < 4.78 is 12.8. The van der Waals surface area contributed by atoms with E-state index in [-0.39, 0.29) is 0 Å². The van der Waals surface area contributed by atoms with E-state index in [0.717, 1.165) is 46.3 Å². The van der Waals surface area contributed by atoms with Crippen molar-refractivity contribution < 1.29 is 8.83 Å². The Bertz CT molecular complexity index is 893. The predicted octanol–water partition coefficient (Wildman–Crippen LogP) is 9.23. The molecule has 0 spiro atoms. The maximum Gasteiger partial charge on any atom is 0.107 e. The molecular weight excluding hydrogens is 420 g/mol. The molecule has 2 nitrogen and oxygen atoms in total. The third-order valence-electron chi connectivity index (χ3n) is 10.8. The Labute approximate surface area is 201 Å². The van der Waals surface area contributed by atoms with Crippen molar-refractivity contribution in [1.82, 2.24) is 0 Å². The van der Waals surface area contributed by atoms with Gasteiger partial charge in [0.2, 0.25) is 0 Å². The van der Waals surface area contributed by atoms with Crippen LogP contribution in [0.1, 0.15) is 99.1 Å². The van der Waals surface area contributed by atoms with Crippen LogP contribution in [0.3, 0.4) is 0 Å². The van der Waals surface area contributed by atoms with E-state index >= 15 is 0 Å². The van der Waals surface area contributed by atoms with Crippen molar-refractivity contribution in [3.8, 4) is 0 Å². The Morgan fingerprint density at radius 1 is 0.636 bits per heavy atom. The number of rotatable bonds is 4. The molecule has 2 aromatic heterocycles. The van der Waals surface area contributed by atoms with E-state index in [2.05, 4.69) is 51.2 Å². The topological polar surface area (TPSA) is 26.3 Å². The number of hydrogen-bond acceptors (Lipinski definition) is 2. The van der Waals surface area contributed by atoms with E-state index in [1.807, 2.05) is 0 Å².